The Morgan fingerprint density at radius 2 is 2.10 bits per heavy atom. The van der Waals surface area contributed by atoms with E-state index in [9.17, 15) is 4.79 Å². The number of aromatic nitrogens is 3. The number of furan rings is 1. The first kappa shape index (κ1) is 21.1. The third-order valence-corrected chi connectivity index (χ3v) is 5.65. The molecule has 3 aromatic rings. The number of benzene rings is 1. The van der Waals surface area contributed by atoms with Gasteiger partial charge >= 0.3 is 0 Å². The lowest BCUT2D eigenvalue weighted by molar-refractivity contribution is 0.0953. The van der Waals surface area contributed by atoms with Crippen molar-refractivity contribution < 1.29 is 9.21 Å². The fraction of sp³-hybridized carbons (Fsp3) is 0.375. The lowest BCUT2D eigenvalue weighted by Crippen LogP contribution is -2.28. The SMILES string of the molecule is Cc1ccc(C(=O)NCCc2nnc3n2CCN(C/C=C/c2ccco2)CC3)c(C)c1. The van der Waals surface area contributed by atoms with Crippen molar-refractivity contribution in [2.24, 2.45) is 0 Å². The Morgan fingerprint density at radius 1 is 1.19 bits per heavy atom. The summed E-state index contributed by atoms with van der Waals surface area (Å²) >= 11 is 0. The standard InChI is InChI=1S/C24H29N5O2/c1-18-7-8-21(19(2)17-18)24(30)25-11-9-22-26-27-23-10-13-28(14-15-29(22)23)12-3-5-20-6-4-16-31-20/h3-8,16-17H,9-15H2,1-2H3,(H,25,30)/b5-3+. The molecular weight excluding hydrogens is 390 g/mol. The first-order chi connectivity index (χ1) is 15.1. The third-order valence-electron chi connectivity index (χ3n) is 5.65. The van der Waals surface area contributed by atoms with E-state index < -0.39 is 0 Å². The van der Waals surface area contributed by atoms with Gasteiger partial charge in [-0.1, -0.05) is 23.8 Å². The molecule has 0 saturated heterocycles. The van der Waals surface area contributed by atoms with Crippen molar-refractivity contribution in [2.75, 3.05) is 26.2 Å². The molecule has 0 radical (unpaired) electrons. The average Bonchev–Trinajstić information content (AvgIpc) is 3.35. The predicted octanol–water partition coefficient (Wildman–Crippen LogP) is 3.03. The second kappa shape index (κ2) is 9.75. The van der Waals surface area contributed by atoms with Crippen LogP contribution in [0.1, 0.15) is 38.9 Å². The molecule has 4 rings (SSSR count). The molecule has 0 aliphatic carbocycles. The van der Waals surface area contributed by atoms with Gasteiger partial charge in [0.1, 0.15) is 17.4 Å². The summed E-state index contributed by atoms with van der Waals surface area (Å²) in [6.45, 7) is 8.16. The smallest absolute Gasteiger partial charge is 0.251 e. The highest BCUT2D eigenvalue weighted by atomic mass is 16.3. The maximum absolute atomic E-state index is 12.5. The van der Waals surface area contributed by atoms with Gasteiger partial charge in [-0.2, -0.15) is 0 Å². The largest absolute Gasteiger partial charge is 0.465 e. The van der Waals surface area contributed by atoms with E-state index in [1.165, 1.54) is 0 Å². The van der Waals surface area contributed by atoms with Gasteiger partial charge in [0, 0.05) is 51.1 Å². The molecule has 31 heavy (non-hydrogen) atoms. The first-order valence-corrected chi connectivity index (χ1v) is 10.8. The van der Waals surface area contributed by atoms with E-state index in [4.69, 9.17) is 4.42 Å². The van der Waals surface area contributed by atoms with Crippen molar-refractivity contribution in [3.8, 4) is 0 Å². The second-order valence-electron chi connectivity index (χ2n) is 7.98. The van der Waals surface area contributed by atoms with Crippen LogP contribution in [0, 0.1) is 13.8 Å². The number of rotatable bonds is 7. The molecule has 162 valence electrons. The van der Waals surface area contributed by atoms with E-state index in [2.05, 4.69) is 31.1 Å². The number of carbonyl (C=O) groups is 1. The van der Waals surface area contributed by atoms with E-state index in [-0.39, 0.29) is 5.91 Å². The van der Waals surface area contributed by atoms with Crippen LogP contribution in [0.15, 0.2) is 47.1 Å². The number of nitrogens with zero attached hydrogens (tertiary/aromatic N) is 4. The zero-order valence-corrected chi connectivity index (χ0v) is 18.2. The van der Waals surface area contributed by atoms with Gasteiger partial charge in [0.15, 0.2) is 0 Å². The van der Waals surface area contributed by atoms with Gasteiger partial charge in [0.25, 0.3) is 5.91 Å². The molecule has 7 heteroatoms. The van der Waals surface area contributed by atoms with Crippen LogP contribution in [0.2, 0.25) is 0 Å². The number of carbonyl (C=O) groups excluding carboxylic acids is 1. The molecule has 1 aliphatic heterocycles. The minimum Gasteiger partial charge on any atom is -0.465 e. The monoisotopic (exact) mass is 419 g/mol. The Balaban J connectivity index is 1.29. The number of aryl methyl sites for hydroxylation is 2. The lowest BCUT2D eigenvalue weighted by Gasteiger charge is -2.17. The second-order valence-corrected chi connectivity index (χ2v) is 7.98. The Kier molecular flexibility index (Phi) is 6.62. The molecule has 0 bridgehead atoms. The highest BCUT2D eigenvalue weighted by Crippen LogP contribution is 2.12. The molecule has 3 heterocycles. The lowest BCUT2D eigenvalue weighted by atomic mass is 10.1. The summed E-state index contributed by atoms with van der Waals surface area (Å²) in [6.07, 6.45) is 7.37. The van der Waals surface area contributed by atoms with Crippen LogP contribution in [0.3, 0.4) is 0 Å². The van der Waals surface area contributed by atoms with Crippen LogP contribution in [0.25, 0.3) is 6.08 Å². The topological polar surface area (TPSA) is 76.2 Å². The molecule has 1 aromatic carbocycles. The molecule has 2 aromatic heterocycles. The fourth-order valence-corrected chi connectivity index (χ4v) is 3.95. The van der Waals surface area contributed by atoms with Crippen LogP contribution in [-0.4, -0.2) is 51.8 Å². The third kappa shape index (κ3) is 5.30. The molecule has 0 unspecified atom stereocenters. The minimum absolute atomic E-state index is 0.0392. The van der Waals surface area contributed by atoms with E-state index in [1.54, 1.807) is 6.26 Å². The van der Waals surface area contributed by atoms with Crippen molar-refractivity contribution >= 4 is 12.0 Å². The van der Waals surface area contributed by atoms with Crippen molar-refractivity contribution in [3.05, 3.63) is 76.8 Å². The molecule has 1 N–H and O–H groups in total. The van der Waals surface area contributed by atoms with Crippen LogP contribution >= 0.6 is 0 Å². The summed E-state index contributed by atoms with van der Waals surface area (Å²) in [5, 5.41) is 11.8. The highest BCUT2D eigenvalue weighted by Gasteiger charge is 2.18. The Hall–Kier alpha value is -3.19. The molecular formula is C24H29N5O2. The number of fused-ring (bicyclic) bond motifs is 1. The number of hydrogen-bond acceptors (Lipinski definition) is 5. The first-order valence-electron chi connectivity index (χ1n) is 10.8. The van der Waals surface area contributed by atoms with Crippen LogP contribution in [-0.2, 0) is 19.4 Å². The molecule has 0 spiro atoms. The predicted molar refractivity (Wildman–Crippen MR) is 120 cm³/mol. The van der Waals surface area contributed by atoms with Crippen LogP contribution in [0.5, 0.6) is 0 Å². The van der Waals surface area contributed by atoms with Crippen LogP contribution in [0.4, 0.5) is 0 Å². The fourth-order valence-electron chi connectivity index (χ4n) is 3.95. The molecule has 1 amide bonds. The zero-order chi connectivity index (χ0) is 21.6. The maximum Gasteiger partial charge on any atom is 0.251 e. The Labute approximate surface area is 182 Å². The van der Waals surface area contributed by atoms with Crippen LogP contribution < -0.4 is 5.32 Å². The van der Waals surface area contributed by atoms with Crippen molar-refractivity contribution in [2.45, 2.75) is 33.2 Å². The Morgan fingerprint density at radius 3 is 2.90 bits per heavy atom. The molecule has 0 atom stereocenters. The van der Waals surface area contributed by atoms with Gasteiger partial charge in [-0.05, 0) is 43.7 Å². The van der Waals surface area contributed by atoms with E-state index in [1.807, 2.05) is 50.3 Å². The van der Waals surface area contributed by atoms with Gasteiger partial charge in [0.05, 0.1) is 6.26 Å². The van der Waals surface area contributed by atoms with Crippen molar-refractivity contribution in [1.29, 1.82) is 0 Å². The summed E-state index contributed by atoms with van der Waals surface area (Å²) < 4.78 is 7.55. The number of nitrogens with one attached hydrogen (secondary N) is 1. The average molecular weight is 420 g/mol. The molecule has 0 saturated carbocycles. The summed E-state index contributed by atoms with van der Waals surface area (Å²) in [5.74, 6) is 2.79. The normalized spacial score (nSPS) is 14.5. The molecule has 0 fully saturated rings. The highest BCUT2D eigenvalue weighted by molar-refractivity contribution is 5.95. The minimum atomic E-state index is -0.0392. The summed E-state index contributed by atoms with van der Waals surface area (Å²) in [6, 6.07) is 9.73. The van der Waals surface area contributed by atoms with Gasteiger partial charge in [0.2, 0.25) is 0 Å². The van der Waals surface area contributed by atoms with Crippen molar-refractivity contribution in [3.63, 3.8) is 0 Å². The summed E-state index contributed by atoms with van der Waals surface area (Å²) in [4.78, 5) is 14.9. The van der Waals surface area contributed by atoms with E-state index >= 15 is 0 Å². The zero-order valence-electron chi connectivity index (χ0n) is 18.2. The van der Waals surface area contributed by atoms with Gasteiger partial charge in [-0.25, -0.2) is 0 Å². The van der Waals surface area contributed by atoms with E-state index in [0.717, 1.165) is 66.7 Å². The van der Waals surface area contributed by atoms with Gasteiger partial charge in [-0.3, -0.25) is 9.69 Å². The van der Waals surface area contributed by atoms with E-state index in [0.29, 0.717) is 13.0 Å². The van der Waals surface area contributed by atoms with Crippen molar-refractivity contribution in [1.82, 2.24) is 25.0 Å². The number of amides is 1. The summed E-state index contributed by atoms with van der Waals surface area (Å²) in [5.41, 5.74) is 2.88. The number of hydrogen-bond donors (Lipinski definition) is 1. The quantitative estimate of drug-likeness (QED) is 0.637. The molecule has 1 aliphatic rings. The summed E-state index contributed by atoms with van der Waals surface area (Å²) in [7, 11) is 0. The Bertz CT molecular complexity index is 1050. The van der Waals surface area contributed by atoms with Gasteiger partial charge in [-0.15, -0.1) is 10.2 Å². The van der Waals surface area contributed by atoms with Gasteiger partial charge < -0.3 is 14.3 Å². The maximum atomic E-state index is 12.5. The molecule has 7 nitrogen and oxygen atoms in total.